The molecule has 1 N–H and O–H groups in total. The van der Waals surface area contributed by atoms with Gasteiger partial charge >= 0.3 is 0 Å². The van der Waals surface area contributed by atoms with Crippen molar-refractivity contribution in [3.63, 3.8) is 0 Å². The summed E-state index contributed by atoms with van der Waals surface area (Å²) in [4.78, 5) is 13.1. The summed E-state index contributed by atoms with van der Waals surface area (Å²) in [5, 5.41) is 8.14. The first-order valence-electron chi connectivity index (χ1n) is 11.0. The topological polar surface area (TPSA) is 95.2 Å². The van der Waals surface area contributed by atoms with E-state index in [1.165, 1.54) is 12.1 Å². The molecule has 1 fully saturated rings. The van der Waals surface area contributed by atoms with Crippen LogP contribution in [0.2, 0.25) is 0 Å². The molecule has 1 aromatic heterocycles. The highest BCUT2D eigenvalue weighted by Gasteiger charge is 2.49. The SMILES string of the molecule is CCCC1CCN(C(=O)C(Cl)(NS(=O)(=O)c2ccccc2)C(Cl)Cn2cccc2C#N)CC1. The third kappa shape index (κ3) is 5.90. The van der Waals surface area contributed by atoms with Crippen LogP contribution in [-0.4, -0.2) is 47.3 Å². The molecular weight excluding hydrogens is 483 g/mol. The highest BCUT2D eigenvalue weighted by molar-refractivity contribution is 7.89. The molecule has 7 nitrogen and oxygen atoms in total. The smallest absolute Gasteiger partial charge is 0.260 e. The minimum absolute atomic E-state index is 0.0213. The first kappa shape index (κ1) is 25.6. The number of nitriles is 1. The van der Waals surface area contributed by atoms with Gasteiger partial charge in [0.25, 0.3) is 5.91 Å². The Morgan fingerprint density at radius 3 is 2.52 bits per heavy atom. The summed E-state index contributed by atoms with van der Waals surface area (Å²) in [5.74, 6) is -0.0427. The fourth-order valence-electron chi connectivity index (χ4n) is 4.13. The third-order valence-electron chi connectivity index (χ3n) is 5.98. The second kappa shape index (κ2) is 10.9. The van der Waals surface area contributed by atoms with Crippen molar-refractivity contribution >= 4 is 39.1 Å². The summed E-state index contributed by atoms with van der Waals surface area (Å²) in [7, 11) is -4.15. The van der Waals surface area contributed by atoms with Crippen molar-refractivity contribution in [2.24, 2.45) is 5.92 Å². The molecule has 33 heavy (non-hydrogen) atoms. The fraction of sp³-hybridized carbons (Fsp3) is 0.478. The zero-order chi connectivity index (χ0) is 24.1. The maximum Gasteiger partial charge on any atom is 0.260 e. The van der Waals surface area contributed by atoms with E-state index >= 15 is 0 Å². The van der Waals surface area contributed by atoms with Crippen LogP contribution in [0.5, 0.6) is 0 Å². The molecule has 0 spiro atoms. The Labute approximate surface area is 205 Å². The fourth-order valence-corrected chi connectivity index (χ4v) is 6.24. The summed E-state index contributed by atoms with van der Waals surface area (Å²) in [6.07, 6.45) is 5.48. The Bertz CT molecular complexity index is 1090. The number of rotatable bonds is 9. The largest absolute Gasteiger partial charge is 0.340 e. The Morgan fingerprint density at radius 2 is 1.91 bits per heavy atom. The summed E-state index contributed by atoms with van der Waals surface area (Å²) < 4.78 is 30.2. The third-order valence-corrected chi connectivity index (χ3v) is 8.67. The average Bonchev–Trinajstić information content (AvgIpc) is 3.26. The molecule has 1 aromatic carbocycles. The maximum atomic E-state index is 13.6. The van der Waals surface area contributed by atoms with Gasteiger partial charge < -0.3 is 9.47 Å². The van der Waals surface area contributed by atoms with Crippen LogP contribution in [0.25, 0.3) is 0 Å². The molecule has 178 valence electrons. The number of piperidine rings is 1. The number of hydrogen-bond acceptors (Lipinski definition) is 4. The van der Waals surface area contributed by atoms with Gasteiger partial charge in [0.05, 0.1) is 10.3 Å². The quantitative estimate of drug-likeness (QED) is 0.408. The van der Waals surface area contributed by atoms with Crippen LogP contribution in [0, 0.1) is 17.2 Å². The summed E-state index contributed by atoms with van der Waals surface area (Å²) in [6.45, 7) is 3.08. The van der Waals surface area contributed by atoms with E-state index < -0.39 is 26.3 Å². The summed E-state index contributed by atoms with van der Waals surface area (Å²) >= 11 is 13.5. The molecule has 1 amide bonds. The number of sulfonamides is 1. The number of carbonyl (C=O) groups excluding carboxylic acids is 1. The van der Waals surface area contributed by atoms with Gasteiger partial charge in [0, 0.05) is 25.8 Å². The van der Waals surface area contributed by atoms with Crippen molar-refractivity contribution in [2.75, 3.05) is 13.1 Å². The molecule has 0 radical (unpaired) electrons. The van der Waals surface area contributed by atoms with Crippen LogP contribution in [0.15, 0.2) is 53.6 Å². The van der Waals surface area contributed by atoms with Gasteiger partial charge in [-0.15, -0.1) is 11.6 Å². The van der Waals surface area contributed by atoms with Crippen LogP contribution in [0.3, 0.4) is 0 Å². The van der Waals surface area contributed by atoms with E-state index in [9.17, 15) is 18.5 Å². The van der Waals surface area contributed by atoms with E-state index in [0.717, 1.165) is 25.7 Å². The Balaban J connectivity index is 1.90. The van der Waals surface area contributed by atoms with Crippen LogP contribution >= 0.6 is 23.2 Å². The van der Waals surface area contributed by atoms with Gasteiger partial charge in [-0.25, -0.2) is 8.42 Å². The van der Waals surface area contributed by atoms with E-state index in [2.05, 4.69) is 11.6 Å². The van der Waals surface area contributed by atoms with Gasteiger partial charge in [0.2, 0.25) is 15.0 Å². The van der Waals surface area contributed by atoms with E-state index in [0.29, 0.717) is 24.7 Å². The first-order valence-corrected chi connectivity index (χ1v) is 13.3. The second-order valence-electron chi connectivity index (χ2n) is 8.28. The number of amides is 1. The van der Waals surface area contributed by atoms with E-state index in [4.69, 9.17) is 23.2 Å². The molecule has 2 unspecified atom stereocenters. The van der Waals surface area contributed by atoms with Crippen molar-refractivity contribution < 1.29 is 13.2 Å². The molecule has 10 heteroatoms. The van der Waals surface area contributed by atoms with Gasteiger partial charge in [-0.2, -0.15) is 9.98 Å². The highest BCUT2D eigenvalue weighted by Crippen LogP contribution is 2.31. The first-order chi connectivity index (χ1) is 15.7. The summed E-state index contributed by atoms with van der Waals surface area (Å²) in [5.41, 5.74) is 0.332. The molecule has 2 aromatic rings. The monoisotopic (exact) mass is 510 g/mol. The number of likely N-dealkylation sites (tertiary alicyclic amines) is 1. The van der Waals surface area contributed by atoms with Crippen LogP contribution in [0.4, 0.5) is 0 Å². The van der Waals surface area contributed by atoms with Gasteiger partial charge in [-0.1, -0.05) is 49.6 Å². The van der Waals surface area contributed by atoms with E-state index in [1.807, 2.05) is 6.07 Å². The predicted molar refractivity (Wildman–Crippen MR) is 128 cm³/mol. The molecule has 2 heterocycles. The van der Waals surface area contributed by atoms with Crippen molar-refractivity contribution in [1.82, 2.24) is 14.2 Å². The van der Waals surface area contributed by atoms with Crippen LogP contribution < -0.4 is 4.72 Å². The van der Waals surface area contributed by atoms with E-state index in [1.54, 1.807) is 46.0 Å². The van der Waals surface area contributed by atoms with Gasteiger partial charge in [0.15, 0.2) is 0 Å². The molecule has 3 rings (SSSR count). The molecule has 0 aliphatic carbocycles. The Kier molecular flexibility index (Phi) is 8.46. The Hall–Kier alpha value is -2.05. The normalized spacial score (nSPS) is 17.8. The van der Waals surface area contributed by atoms with Crippen molar-refractivity contribution in [3.05, 3.63) is 54.4 Å². The minimum atomic E-state index is -4.15. The average molecular weight is 511 g/mol. The number of carbonyl (C=O) groups is 1. The molecule has 2 atom stereocenters. The maximum absolute atomic E-state index is 13.6. The number of nitrogens with one attached hydrogen (secondary N) is 1. The Morgan fingerprint density at radius 1 is 1.24 bits per heavy atom. The lowest BCUT2D eigenvalue weighted by Gasteiger charge is -2.39. The second-order valence-corrected chi connectivity index (χ2v) is 11.1. The van der Waals surface area contributed by atoms with Crippen molar-refractivity contribution in [3.8, 4) is 6.07 Å². The van der Waals surface area contributed by atoms with Crippen LogP contribution in [0.1, 0.15) is 38.3 Å². The molecule has 1 saturated heterocycles. The zero-order valence-corrected chi connectivity index (χ0v) is 20.8. The molecule has 0 bridgehead atoms. The minimum Gasteiger partial charge on any atom is -0.340 e. The number of nitrogens with zero attached hydrogens (tertiary/aromatic N) is 3. The van der Waals surface area contributed by atoms with Gasteiger partial charge in [-0.05, 0) is 43.0 Å². The zero-order valence-electron chi connectivity index (χ0n) is 18.5. The number of hydrogen-bond donors (Lipinski definition) is 1. The lowest BCUT2D eigenvalue weighted by molar-refractivity contribution is -0.136. The standard InChI is InChI=1S/C23H28Cl2N4O3S/c1-2-7-18-11-14-28(15-12-18)22(30)23(25,21(24)17-29-13-6-8-19(29)16-26)27-33(31,32)20-9-4-3-5-10-20/h3-6,8-10,13,18,21,27H,2,7,11-12,14-15,17H2,1H3. The predicted octanol–water partition coefficient (Wildman–Crippen LogP) is 3.92. The lowest BCUT2D eigenvalue weighted by atomic mass is 9.92. The molecular formula is C23H28Cl2N4O3S. The van der Waals surface area contributed by atoms with Crippen molar-refractivity contribution in [2.45, 2.75) is 54.4 Å². The van der Waals surface area contributed by atoms with Crippen molar-refractivity contribution in [1.29, 1.82) is 5.26 Å². The molecule has 1 aliphatic heterocycles. The number of halogens is 2. The van der Waals surface area contributed by atoms with E-state index in [-0.39, 0.29) is 11.4 Å². The number of alkyl halides is 2. The number of benzene rings is 1. The van der Waals surface area contributed by atoms with Gasteiger partial charge in [-0.3, -0.25) is 4.79 Å². The highest BCUT2D eigenvalue weighted by atomic mass is 35.5. The van der Waals surface area contributed by atoms with Gasteiger partial charge in [0.1, 0.15) is 11.8 Å². The van der Waals surface area contributed by atoms with Crippen LogP contribution in [-0.2, 0) is 21.4 Å². The summed E-state index contributed by atoms with van der Waals surface area (Å²) in [6, 6.07) is 13.0. The molecule has 1 aliphatic rings. The number of aromatic nitrogens is 1. The lowest BCUT2D eigenvalue weighted by Crippen LogP contribution is -2.62. The molecule has 0 saturated carbocycles.